The quantitative estimate of drug-likeness (QED) is 0.295. The summed E-state index contributed by atoms with van der Waals surface area (Å²) in [5.41, 5.74) is 0. The van der Waals surface area contributed by atoms with Gasteiger partial charge in [0.15, 0.2) is 5.96 Å². The van der Waals surface area contributed by atoms with E-state index in [1.54, 1.807) is 12.3 Å². The van der Waals surface area contributed by atoms with E-state index in [0.717, 1.165) is 19.4 Å². The lowest BCUT2D eigenvalue weighted by atomic mass is 10.4. The number of amides is 1. The summed E-state index contributed by atoms with van der Waals surface area (Å²) in [5, 5.41) is 13.4. The molecule has 1 aromatic heterocycles. The fourth-order valence-corrected chi connectivity index (χ4v) is 2.53. The van der Waals surface area contributed by atoms with Gasteiger partial charge in [-0.2, -0.15) is 0 Å². The topological polar surface area (TPSA) is 90.4 Å². The molecule has 7 nitrogen and oxygen atoms in total. The molecule has 138 valence electrons. The van der Waals surface area contributed by atoms with E-state index < -0.39 is 0 Å². The lowest BCUT2D eigenvalue weighted by Crippen LogP contribution is -2.42. The molecule has 2 rings (SSSR count). The predicted octanol–water partition coefficient (Wildman–Crippen LogP) is 1.88. The van der Waals surface area contributed by atoms with Gasteiger partial charge in [-0.05, 0) is 25.8 Å². The fraction of sp³-hybridized carbons (Fsp3) is 0.562. The van der Waals surface area contributed by atoms with Crippen molar-refractivity contribution in [1.29, 1.82) is 0 Å². The van der Waals surface area contributed by atoms with Crippen molar-refractivity contribution in [2.45, 2.75) is 19.8 Å². The molecule has 0 atom stereocenters. The van der Waals surface area contributed by atoms with Crippen LogP contribution in [0.5, 0.6) is 0 Å². The van der Waals surface area contributed by atoms with Crippen molar-refractivity contribution >= 4 is 40.9 Å². The number of rotatable bonds is 9. The number of guanidine groups is 1. The van der Waals surface area contributed by atoms with E-state index in [-0.39, 0.29) is 11.8 Å². The highest BCUT2D eigenvalue weighted by molar-refractivity contribution is 6.35. The normalized spacial score (nSPS) is 14.1. The lowest BCUT2D eigenvalue weighted by molar-refractivity contribution is -0.122. The van der Waals surface area contributed by atoms with E-state index in [1.807, 2.05) is 6.92 Å². The molecule has 25 heavy (non-hydrogen) atoms. The molecule has 1 saturated carbocycles. The van der Waals surface area contributed by atoms with Crippen LogP contribution in [0.1, 0.15) is 19.8 Å². The molecule has 0 unspecified atom stereocenters. The average molecular weight is 387 g/mol. The minimum atomic E-state index is 0.153. The third-order valence-electron chi connectivity index (χ3n) is 3.49. The third-order valence-corrected chi connectivity index (χ3v) is 3.99. The number of carbonyl (C=O) groups excluding carboxylic acids is 1. The number of aliphatic imine (C=N–C) groups is 1. The summed E-state index contributed by atoms with van der Waals surface area (Å²) < 4.78 is 0. The highest BCUT2D eigenvalue weighted by Crippen LogP contribution is 2.28. The number of hydrogen-bond donors (Lipinski definition) is 4. The molecular formula is C16H24Cl2N6O. The van der Waals surface area contributed by atoms with Crippen LogP contribution < -0.4 is 21.3 Å². The molecule has 1 fully saturated rings. The second-order valence-corrected chi connectivity index (χ2v) is 6.51. The number of halogens is 2. The first-order valence-corrected chi connectivity index (χ1v) is 9.20. The highest BCUT2D eigenvalue weighted by Gasteiger charge is 2.28. The van der Waals surface area contributed by atoms with E-state index in [0.29, 0.717) is 48.0 Å². The molecule has 0 saturated heterocycles. The molecule has 1 heterocycles. The highest BCUT2D eigenvalue weighted by atomic mass is 35.5. The van der Waals surface area contributed by atoms with Crippen LogP contribution in [0.3, 0.4) is 0 Å². The second-order valence-electron chi connectivity index (χ2n) is 5.66. The van der Waals surface area contributed by atoms with Crippen LogP contribution in [0, 0.1) is 5.92 Å². The zero-order chi connectivity index (χ0) is 18.1. The van der Waals surface area contributed by atoms with Gasteiger partial charge < -0.3 is 21.3 Å². The van der Waals surface area contributed by atoms with Gasteiger partial charge in [0.05, 0.1) is 16.6 Å². The zero-order valence-electron chi connectivity index (χ0n) is 14.2. The Balaban J connectivity index is 1.68. The number of hydrogen-bond acceptors (Lipinski definition) is 4. The summed E-state index contributed by atoms with van der Waals surface area (Å²) in [7, 11) is 0. The van der Waals surface area contributed by atoms with Crippen molar-refractivity contribution in [3.63, 3.8) is 0 Å². The van der Waals surface area contributed by atoms with Crippen molar-refractivity contribution in [1.82, 2.24) is 20.9 Å². The molecule has 1 aliphatic rings. The summed E-state index contributed by atoms with van der Waals surface area (Å²) in [6, 6.07) is 1.64. The van der Waals surface area contributed by atoms with Gasteiger partial charge in [0.2, 0.25) is 5.91 Å². The van der Waals surface area contributed by atoms with E-state index in [2.05, 4.69) is 31.2 Å². The van der Waals surface area contributed by atoms with Gasteiger partial charge in [-0.15, -0.1) is 0 Å². The Morgan fingerprint density at radius 3 is 2.68 bits per heavy atom. The Labute approximate surface area is 158 Å². The maximum absolute atomic E-state index is 11.6. The Hall–Kier alpha value is -1.73. The number of nitrogens with one attached hydrogen (secondary N) is 4. The Kier molecular flexibility index (Phi) is 8.08. The first-order valence-electron chi connectivity index (χ1n) is 8.45. The number of carbonyl (C=O) groups is 1. The largest absolute Gasteiger partial charge is 0.367 e. The second kappa shape index (κ2) is 10.3. The lowest BCUT2D eigenvalue weighted by Gasteiger charge is -2.12. The first-order chi connectivity index (χ1) is 12.1. The molecule has 4 N–H and O–H groups in total. The standard InChI is InChI=1S/C16H24Cl2N6O/c1-2-19-16(23-8-6-21-15(25)11-3-4-11)22-7-5-20-14-13(18)9-12(17)10-24-14/h9-11H,2-8H2,1H3,(H,20,24)(H,21,25)(H2,19,22,23). The van der Waals surface area contributed by atoms with Crippen molar-refractivity contribution in [3.8, 4) is 0 Å². The Morgan fingerprint density at radius 2 is 2.00 bits per heavy atom. The van der Waals surface area contributed by atoms with Gasteiger partial charge >= 0.3 is 0 Å². The van der Waals surface area contributed by atoms with Gasteiger partial charge in [0.25, 0.3) is 0 Å². The van der Waals surface area contributed by atoms with E-state index in [1.165, 1.54) is 0 Å². The predicted molar refractivity (Wildman–Crippen MR) is 102 cm³/mol. The van der Waals surface area contributed by atoms with Crippen molar-refractivity contribution in [3.05, 3.63) is 22.3 Å². The minimum absolute atomic E-state index is 0.153. The molecule has 1 aliphatic carbocycles. The zero-order valence-corrected chi connectivity index (χ0v) is 15.8. The molecule has 1 aromatic rings. The number of anilines is 1. The van der Waals surface area contributed by atoms with Crippen LogP contribution in [-0.2, 0) is 4.79 Å². The van der Waals surface area contributed by atoms with Gasteiger partial charge in [0.1, 0.15) is 5.82 Å². The molecule has 0 aliphatic heterocycles. The SMILES string of the molecule is CCNC(=NCCNc1ncc(Cl)cc1Cl)NCCNC(=O)C1CC1. The molecule has 0 radical (unpaired) electrons. The van der Waals surface area contributed by atoms with Crippen LogP contribution in [0.2, 0.25) is 10.0 Å². The maximum Gasteiger partial charge on any atom is 0.223 e. The summed E-state index contributed by atoms with van der Waals surface area (Å²) in [5.74, 6) is 1.68. The van der Waals surface area contributed by atoms with Gasteiger partial charge in [-0.3, -0.25) is 9.79 Å². The Bertz CT molecular complexity index is 606. The van der Waals surface area contributed by atoms with Crippen LogP contribution in [-0.4, -0.2) is 49.6 Å². The monoisotopic (exact) mass is 386 g/mol. The van der Waals surface area contributed by atoms with Gasteiger partial charge in [-0.1, -0.05) is 23.2 Å². The number of nitrogens with zero attached hydrogens (tertiary/aromatic N) is 2. The number of aromatic nitrogens is 1. The van der Waals surface area contributed by atoms with Crippen LogP contribution in [0.15, 0.2) is 17.3 Å². The molecule has 0 bridgehead atoms. The van der Waals surface area contributed by atoms with Crippen molar-refractivity contribution in [2.75, 3.05) is 38.0 Å². The molecular weight excluding hydrogens is 363 g/mol. The summed E-state index contributed by atoms with van der Waals surface area (Å²) in [6.45, 7) is 5.11. The smallest absolute Gasteiger partial charge is 0.223 e. The first kappa shape index (κ1) is 19.6. The van der Waals surface area contributed by atoms with Crippen LogP contribution in [0.4, 0.5) is 5.82 Å². The maximum atomic E-state index is 11.6. The summed E-state index contributed by atoms with van der Waals surface area (Å²) in [6.07, 6.45) is 3.58. The van der Waals surface area contributed by atoms with E-state index >= 15 is 0 Å². The summed E-state index contributed by atoms with van der Waals surface area (Å²) in [4.78, 5) is 20.1. The van der Waals surface area contributed by atoms with Crippen molar-refractivity contribution in [2.24, 2.45) is 10.9 Å². The van der Waals surface area contributed by atoms with Crippen LogP contribution >= 0.6 is 23.2 Å². The van der Waals surface area contributed by atoms with Crippen LogP contribution in [0.25, 0.3) is 0 Å². The molecule has 0 aromatic carbocycles. The fourth-order valence-electron chi connectivity index (χ4n) is 2.08. The molecule has 0 spiro atoms. The molecule has 1 amide bonds. The van der Waals surface area contributed by atoms with Crippen molar-refractivity contribution < 1.29 is 4.79 Å². The third kappa shape index (κ3) is 7.36. The summed E-state index contributed by atoms with van der Waals surface area (Å²) >= 11 is 11.9. The van der Waals surface area contributed by atoms with E-state index in [4.69, 9.17) is 23.2 Å². The minimum Gasteiger partial charge on any atom is -0.367 e. The van der Waals surface area contributed by atoms with E-state index in [9.17, 15) is 4.79 Å². The average Bonchev–Trinajstić information content (AvgIpc) is 3.41. The van der Waals surface area contributed by atoms with Gasteiger partial charge in [-0.25, -0.2) is 4.98 Å². The Morgan fingerprint density at radius 1 is 1.24 bits per heavy atom. The number of pyridine rings is 1. The molecule has 9 heteroatoms. The van der Waals surface area contributed by atoms with Gasteiger partial charge in [0, 0.05) is 38.3 Å².